The first kappa shape index (κ1) is 21.2. The molecule has 130 valence electrons. The van der Waals surface area contributed by atoms with Crippen molar-refractivity contribution in [2.24, 2.45) is 11.8 Å². The van der Waals surface area contributed by atoms with E-state index in [9.17, 15) is 0 Å². The Balaban J connectivity index is 4.40. The normalized spacial score (nSPS) is 13.9. The first-order chi connectivity index (χ1) is 10.4. The molecule has 0 saturated heterocycles. The molecule has 2 nitrogen and oxygen atoms in total. The molecule has 0 rings (SSSR count). The largest absolute Gasteiger partial charge is 0.389 e. The Bertz CT molecular complexity index is 307. The summed E-state index contributed by atoms with van der Waals surface area (Å²) in [5, 5.41) is 7.11. The van der Waals surface area contributed by atoms with Crippen LogP contribution in [0.2, 0.25) is 0 Å². The Morgan fingerprint density at radius 3 is 2.23 bits per heavy atom. The lowest BCUT2D eigenvalue weighted by Crippen LogP contribution is -2.34. The van der Waals surface area contributed by atoms with Crippen molar-refractivity contribution in [1.29, 1.82) is 0 Å². The third kappa shape index (κ3) is 10.9. The molecule has 0 aliphatic rings. The SMILES string of the molecule is C=C(CCC(NCC(C)C)C(=C)CC(C)CCC)NCCC. The van der Waals surface area contributed by atoms with Gasteiger partial charge in [0.25, 0.3) is 0 Å². The van der Waals surface area contributed by atoms with Gasteiger partial charge >= 0.3 is 0 Å². The second-order valence-electron chi connectivity index (χ2n) is 7.18. The van der Waals surface area contributed by atoms with E-state index in [1.165, 1.54) is 18.4 Å². The van der Waals surface area contributed by atoms with Gasteiger partial charge in [0.1, 0.15) is 0 Å². The van der Waals surface area contributed by atoms with E-state index in [0.717, 1.165) is 50.4 Å². The Kier molecular flexibility index (Phi) is 12.3. The van der Waals surface area contributed by atoms with Crippen molar-refractivity contribution in [3.05, 3.63) is 24.4 Å². The summed E-state index contributed by atoms with van der Waals surface area (Å²) >= 11 is 0. The maximum atomic E-state index is 4.38. The average molecular weight is 309 g/mol. The summed E-state index contributed by atoms with van der Waals surface area (Å²) in [5.41, 5.74) is 2.53. The molecule has 0 amide bonds. The molecule has 2 N–H and O–H groups in total. The van der Waals surface area contributed by atoms with Crippen LogP contribution in [-0.4, -0.2) is 19.1 Å². The average Bonchev–Trinajstić information content (AvgIpc) is 2.44. The number of allylic oxidation sites excluding steroid dienone is 1. The van der Waals surface area contributed by atoms with Crippen LogP contribution < -0.4 is 10.6 Å². The lowest BCUT2D eigenvalue weighted by molar-refractivity contribution is 0.439. The summed E-state index contributed by atoms with van der Waals surface area (Å²) in [6.07, 6.45) is 6.96. The Morgan fingerprint density at radius 2 is 1.68 bits per heavy atom. The minimum Gasteiger partial charge on any atom is -0.389 e. The van der Waals surface area contributed by atoms with Crippen LogP contribution >= 0.6 is 0 Å². The summed E-state index contributed by atoms with van der Waals surface area (Å²) in [6, 6.07) is 0.418. The molecule has 2 unspecified atom stereocenters. The predicted octanol–water partition coefficient (Wildman–Crippen LogP) is 5.28. The van der Waals surface area contributed by atoms with Gasteiger partial charge in [-0.1, -0.05) is 66.2 Å². The summed E-state index contributed by atoms with van der Waals surface area (Å²) in [6.45, 7) is 21.9. The number of nitrogens with one attached hydrogen (secondary N) is 2. The lowest BCUT2D eigenvalue weighted by Gasteiger charge is -2.25. The second-order valence-corrected chi connectivity index (χ2v) is 7.18. The molecular weight excluding hydrogens is 268 g/mol. The Hall–Kier alpha value is -0.760. The number of hydrogen-bond donors (Lipinski definition) is 2. The zero-order chi connectivity index (χ0) is 17.0. The summed E-state index contributed by atoms with van der Waals surface area (Å²) in [7, 11) is 0. The second kappa shape index (κ2) is 12.8. The van der Waals surface area contributed by atoms with Crippen LogP contribution in [-0.2, 0) is 0 Å². The van der Waals surface area contributed by atoms with Crippen LogP contribution in [0.4, 0.5) is 0 Å². The maximum absolute atomic E-state index is 4.38. The highest BCUT2D eigenvalue weighted by Crippen LogP contribution is 2.21. The molecule has 0 aromatic rings. The monoisotopic (exact) mass is 308 g/mol. The van der Waals surface area contributed by atoms with Crippen LogP contribution in [0.15, 0.2) is 24.4 Å². The highest BCUT2D eigenvalue weighted by atomic mass is 14.9. The minimum atomic E-state index is 0.418. The van der Waals surface area contributed by atoms with E-state index in [1.54, 1.807) is 0 Å². The van der Waals surface area contributed by atoms with Gasteiger partial charge in [-0.2, -0.15) is 0 Å². The molecule has 0 radical (unpaired) electrons. The molecule has 0 aromatic heterocycles. The molecule has 2 heteroatoms. The van der Waals surface area contributed by atoms with Gasteiger partial charge in [-0.15, -0.1) is 0 Å². The van der Waals surface area contributed by atoms with Crippen LogP contribution in [0, 0.1) is 11.8 Å². The minimum absolute atomic E-state index is 0.418. The van der Waals surface area contributed by atoms with Gasteiger partial charge in [-0.3, -0.25) is 0 Å². The molecule has 0 bridgehead atoms. The van der Waals surface area contributed by atoms with Crippen molar-refractivity contribution in [3.8, 4) is 0 Å². The zero-order valence-corrected chi connectivity index (χ0v) is 15.8. The van der Waals surface area contributed by atoms with E-state index < -0.39 is 0 Å². The van der Waals surface area contributed by atoms with Crippen molar-refractivity contribution in [2.75, 3.05) is 13.1 Å². The summed E-state index contributed by atoms with van der Waals surface area (Å²) < 4.78 is 0. The Morgan fingerprint density at radius 1 is 1.00 bits per heavy atom. The fourth-order valence-corrected chi connectivity index (χ4v) is 2.72. The van der Waals surface area contributed by atoms with Gasteiger partial charge in [-0.05, 0) is 44.1 Å². The van der Waals surface area contributed by atoms with E-state index in [2.05, 4.69) is 58.4 Å². The highest BCUT2D eigenvalue weighted by molar-refractivity contribution is 5.08. The zero-order valence-electron chi connectivity index (χ0n) is 15.8. The summed E-state index contributed by atoms with van der Waals surface area (Å²) in [4.78, 5) is 0. The Labute approximate surface area is 139 Å². The quantitative estimate of drug-likeness (QED) is 0.427. The molecule has 0 aromatic carbocycles. The molecular formula is C20H40N2. The maximum Gasteiger partial charge on any atom is 0.0280 e. The fraction of sp³-hybridized carbons (Fsp3) is 0.800. The third-order valence-corrected chi connectivity index (χ3v) is 4.02. The van der Waals surface area contributed by atoms with Crippen LogP contribution in [0.1, 0.15) is 73.1 Å². The summed E-state index contributed by atoms with van der Waals surface area (Å²) in [5.74, 6) is 1.41. The van der Waals surface area contributed by atoms with Gasteiger partial charge in [0.2, 0.25) is 0 Å². The van der Waals surface area contributed by atoms with Crippen molar-refractivity contribution in [3.63, 3.8) is 0 Å². The molecule has 22 heavy (non-hydrogen) atoms. The molecule has 0 aliphatic carbocycles. The first-order valence-corrected chi connectivity index (χ1v) is 9.23. The van der Waals surface area contributed by atoms with E-state index in [0.29, 0.717) is 12.0 Å². The molecule has 0 spiro atoms. The molecule has 0 aliphatic heterocycles. The standard InChI is InChI=1S/C20H40N2/c1-8-10-17(5)14-18(6)20(22-15-16(3)4)12-11-19(7)21-13-9-2/h16-17,20-22H,6-15H2,1-5H3. The van der Waals surface area contributed by atoms with E-state index in [1.807, 2.05) is 0 Å². The topological polar surface area (TPSA) is 24.1 Å². The highest BCUT2D eigenvalue weighted by Gasteiger charge is 2.15. The lowest BCUT2D eigenvalue weighted by atomic mass is 9.91. The van der Waals surface area contributed by atoms with Crippen LogP contribution in [0.25, 0.3) is 0 Å². The smallest absolute Gasteiger partial charge is 0.0280 e. The third-order valence-electron chi connectivity index (χ3n) is 4.02. The van der Waals surface area contributed by atoms with Crippen LogP contribution in [0.5, 0.6) is 0 Å². The predicted molar refractivity (Wildman–Crippen MR) is 101 cm³/mol. The van der Waals surface area contributed by atoms with E-state index in [4.69, 9.17) is 0 Å². The van der Waals surface area contributed by atoms with Crippen molar-refractivity contribution in [1.82, 2.24) is 10.6 Å². The van der Waals surface area contributed by atoms with Crippen LogP contribution in [0.3, 0.4) is 0 Å². The van der Waals surface area contributed by atoms with Gasteiger partial charge in [-0.25, -0.2) is 0 Å². The first-order valence-electron chi connectivity index (χ1n) is 9.23. The van der Waals surface area contributed by atoms with E-state index in [-0.39, 0.29) is 0 Å². The molecule has 2 atom stereocenters. The van der Waals surface area contributed by atoms with Crippen molar-refractivity contribution >= 4 is 0 Å². The van der Waals surface area contributed by atoms with Gasteiger partial charge < -0.3 is 10.6 Å². The number of hydrogen-bond acceptors (Lipinski definition) is 2. The van der Waals surface area contributed by atoms with Crippen molar-refractivity contribution < 1.29 is 0 Å². The molecule has 0 fully saturated rings. The van der Waals surface area contributed by atoms with E-state index >= 15 is 0 Å². The van der Waals surface area contributed by atoms with Gasteiger partial charge in [0, 0.05) is 18.3 Å². The number of rotatable bonds is 14. The molecule has 0 heterocycles. The van der Waals surface area contributed by atoms with Crippen molar-refractivity contribution in [2.45, 2.75) is 79.2 Å². The molecule has 0 saturated carbocycles. The fourth-order valence-electron chi connectivity index (χ4n) is 2.72. The van der Waals surface area contributed by atoms with Gasteiger partial charge in [0.05, 0.1) is 0 Å². The van der Waals surface area contributed by atoms with Gasteiger partial charge in [0.15, 0.2) is 0 Å².